The molecule has 0 bridgehead atoms. The van der Waals surface area contributed by atoms with Crippen molar-refractivity contribution in [3.63, 3.8) is 0 Å². The zero-order valence-electron chi connectivity index (χ0n) is 10.2. The van der Waals surface area contributed by atoms with Gasteiger partial charge in [-0.1, -0.05) is 19.1 Å². The maximum absolute atomic E-state index is 12.9. The monoisotopic (exact) mass is 239 g/mol. The van der Waals surface area contributed by atoms with E-state index >= 15 is 0 Å². The van der Waals surface area contributed by atoms with E-state index in [1.807, 2.05) is 13.0 Å². The van der Waals surface area contributed by atoms with Crippen LogP contribution in [0.25, 0.3) is 0 Å². The molecule has 0 radical (unpaired) electrons. The van der Waals surface area contributed by atoms with Gasteiger partial charge >= 0.3 is 5.97 Å². The third kappa shape index (κ3) is 5.45. The summed E-state index contributed by atoms with van der Waals surface area (Å²) in [6.45, 7) is 4.70. The summed E-state index contributed by atoms with van der Waals surface area (Å²) in [7, 11) is 0. The van der Waals surface area contributed by atoms with Crippen LogP contribution in [0, 0.1) is 5.82 Å². The quantitative estimate of drug-likeness (QED) is 0.774. The van der Waals surface area contributed by atoms with E-state index < -0.39 is 0 Å². The normalized spacial score (nSPS) is 12.2. The highest BCUT2D eigenvalue weighted by molar-refractivity contribution is 5.69. The van der Waals surface area contributed by atoms with E-state index in [0.717, 1.165) is 5.56 Å². The predicted molar refractivity (Wildman–Crippen MR) is 64.0 cm³/mol. The molecule has 1 aromatic carbocycles. The Morgan fingerprint density at radius 2 is 2.29 bits per heavy atom. The summed E-state index contributed by atoms with van der Waals surface area (Å²) in [6, 6.07) is 6.41. The Morgan fingerprint density at radius 3 is 2.94 bits per heavy atom. The number of nitrogens with one attached hydrogen (secondary N) is 1. The van der Waals surface area contributed by atoms with Crippen LogP contribution in [0.3, 0.4) is 0 Å². The fraction of sp³-hybridized carbons (Fsp3) is 0.462. The highest BCUT2D eigenvalue weighted by atomic mass is 19.1. The van der Waals surface area contributed by atoms with Crippen LogP contribution in [0.15, 0.2) is 24.3 Å². The second kappa shape index (κ2) is 7.01. The van der Waals surface area contributed by atoms with Gasteiger partial charge in [-0.25, -0.2) is 4.39 Å². The number of carbonyl (C=O) groups excluding carboxylic acids is 1. The van der Waals surface area contributed by atoms with Gasteiger partial charge in [-0.3, -0.25) is 4.79 Å². The first-order valence-corrected chi connectivity index (χ1v) is 5.76. The summed E-state index contributed by atoms with van der Waals surface area (Å²) in [5, 5.41) is 3.11. The van der Waals surface area contributed by atoms with Gasteiger partial charge in [0.25, 0.3) is 0 Å². The van der Waals surface area contributed by atoms with E-state index in [4.69, 9.17) is 4.74 Å². The molecule has 0 aromatic heterocycles. The number of carbonyl (C=O) groups is 1. The van der Waals surface area contributed by atoms with Crippen LogP contribution in [0.1, 0.15) is 25.8 Å². The topological polar surface area (TPSA) is 38.3 Å². The van der Waals surface area contributed by atoms with Gasteiger partial charge in [-0.15, -0.1) is 0 Å². The van der Waals surface area contributed by atoms with Crippen molar-refractivity contribution in [1.29, 1.82) is 0 Å². The molecule has 0 amide bonds. The molecule has 0 spiro atoms. The fourth-order valence-corrected chi connectivity index (χ4v) is 1.42. The lowest BCUT2D eigenvalue weighted by Crippen LogP contribution is -2.28. The molecule has 4 heteroatoms. The highest BCUT2D eigenvalue weighted by Gasteiger charge is 2.06. The van der Waals surface area contributed by atoms with E-state index in [0.29, 0.717) is 19.5 Å². The first kappa shape index (κ1) is 13.6. The van der Waals surface area contributed by atoms with Crippen molar-refractivity contribution in [1.82, 2.24) is 5.32 Å². The molecule has 0 aliphatic heterocycles. The molecule has 0 aliphatic rings. The molecule has 1 rings (SSSR count). The number of benzene rings is 1. The van der Waals surface area contributed by atoms with Crippen LogP contribution >= 0.6 is 0 Å². The average molecular weight is 239 g/mol. The van der Waals surface area contributed by atoms with E-state index in [1.165, 1.54) is 12.1 Å². The summed E-state index contributed by atoms with van der Waals surface area (Å²) in [5.41, 5.74) is 0.874. The predicted octanol–water partition coefficient (Wildman–Crippen LogP) is 2.26. The van der Waals surface area contributed by atoms with Gasteiger partial charge in [-0.2, -0.15) is 0 Å². The van der Waals surface area contributed by atoms with Crippen molar-refractivity contribution >= 4 is 5.97 Å². The second-order valence-electron chi connectivity index (χ2n) is 3.91. The van der Waals surface area contributed by atoms with Gasteiger partial charge in [0, 0.05) is 19.5 Å². The van der Waals surface area contributed by atoms with Crippen LogP contribution in [0.2, 0.25) is 0 Å². The van der Waals surface area contributed by atoms with Crippen molar-refractivity contribution in [2.75, 3.05) is 6.54 Å². The molecule has 0 saturated carbocycles. The first-order chi connectivity index (χ1) is 8.11. The van der Waals surface area contributed by atoms with Gasteiger partial charge in [0.2, 0.25) is 0 Å². The highest BCUT2D eigenvalue weighted by Crippen LogP contribution is 2.03. The molecular weight excluding hydrogens is 221 g/mol. The molecule has 0 heterocycles. The SMILES string of the molecule is CCC(=O)OC(C)CNCc1cccc(F)c1. The van der Waals surface area contributed by atoms with Crippen molar-refractivity contribution in [2.45, 2.75) is 32.9 Å². The molecule has 3 nitrogen and oxygen atoms in total. The van der Waals surface area contributed by atoms with Crippen molar-refractivity contribution in [3.05, 3.63) is 35.6 Å². The van der Waals surface area contributed by atoms with E-state index in [2.05, 4.69) is 5.32 Å². The molecule has 1 atom stereocenters. The summed E-state index contributed by atoms with van der Waals surface area (Å²) in [4.78, 5) is 11.0. The van der Waals surface area contributed by atoms with E-state index in [-0.39, 0.29) is 17.9 Å². The maximum atomic E-state index is 12.9. The van der Waals surface area contributed by atoms with Gasteiger partial charge < -0.3 is 10.1 Å². The lowest BCUT2D eigenvalue weighted by molar-refractivity contribution is -0.147. The third-order valence-corrected chi connectivity index (χ3v) is 2.27. The summed E-state index contributed by atoms with van der Waals surface area (Å²) >= 11 is 0. The molecule has 94 valence electrons. The minimum atomic E-state index is -0.241. The van der Waals surface area contributed by atoms with E-state index in [9.17, 15) is 9.18 Å². The molecule has 17 heavy (non-hydrogen) atoms. The number of ether oxygens (including phenoxy) is 1. The number of esters is 1. The van der Waals surface area contributed by atoms with Crippen molar-refractivity contribution < 1.29 is 13.9 Å². The minimum Gasteiger partial charge on any atom is -0.461 e. The Bertz CT molecular complexity index is 368. The van der Waals surface area contributed by atoms with Gasteiger partial charge in [0.1, 0.15) is 11.9 Å². The van der Waals surface area contributed by atoms with Gasteiger partial charge in [0.15, 0.2) is 0 Å². The summed E-state index contributed by atoms with van der Waals surface area (Å²) in [6.07, 6.45) is 0.213. The number of hydrogen-bond donors (Lipinski definition) is 1. The number of hydrogen-bond acceptors (Lipinski definition) is 3. The average Bonchev–Trinajstić information content (AvgIpc) is 2.29. The smallest absolute Gasteiger partial charge is 0.305 e. The molecule has 1 unspecified atom stereocenters. The van der Waals surface area contributed by atoms with Crippen LogP contribution in [0.4, 0.5) is 4.39 Å². The zero-order valence-corrected chi connectivity index (χ0v) is 10.2. The Labute approximate surface area is 101 Å². The van der Waals surface area contributed by atoms with Crippen LogP contribution in [0.5, 0.6) is 0 Å². The standard InChI is InChI=1S/C13H18FNO2/c1-3-13(16)17-10(2)8-15-9-11-5-4-6-12(14)7-11/h4-7,10,15H,3,8-9H2,1-2H3. The van der Waals surface area contributed by atoms with Crippen LogP contribution < -0.4 is 5.32 Å². The lowest BCUT2D eigenvalue weighted by atomic mass is 10.2. The largest absolute Gasteiger partial charge is 0.461 e. The molecule has 0 fully saturated rings. The molecule has 1 N–H and O–H groups in total. The number of halogens is 1. The van der Waals surface area contributed by atoms with Crippen molar-refractivity contribution in [2.24, 2.45) is 0 Å². The Hall–Kier alpha value is -1.42. The summed E-state index contributed by atoms with van der Waals surface area (Å²) in [5.74, 6) is -0.445. The van der Waals surface area contributed by atoms with Gasteiger partial charge in [0.05, 0.1) is 0 Å². The second-order valence-corrected chi connectivity index (χ2v) is 3.91. The zero-order chi connectivity index (χ0) is 12.7. The first-order valence-electron chi connectivity index (χ1n) is 5.76. The van der Waals surface area contributed by atoms with Crippen molar-refractivity contribution in [3.8, 4) is 0 Å². The van der Waals surface area contributed by atoms with Crippen LogP contribution in [-0.2, 0) is 16.1 Å². The molecule has 1 aromatic rings. The Morgan fingerprint density at radius 1 is 1.53 bits per heavy atom. The Kier molecular flexibility index (Phi) is 5.63. The fourth-order valence-electron chi connectivity index (χ4n) is 1.42. The summed E-state index contributed by atoms with van der Waals surface area (Å²) < 4.78 is 18.0. The molecule has 0 saturated heterocycles. The minimum absolute atomic E-state index is 0.170. The third-order valence-electron chi connectivity index (χ3n) is 2.27. The number of rotatable bonds is 6. The van der Waals surface area contributed by atoms with E-state index in [1.54, 1.807) is 13.0 Å². The lowest BCUT2D eigenvalue weighted by Gasteiger charge is -2.13. The molecular formula is C13H18FNO2. The maximum Gasteiger partial charge on any atom is 0.305 e. The molecule has 0 aliphatic carbocycles. The Balaban J connectivity index is 2.25. The van der Waals surface area contributed by atoms with Gasteiger partial charge in [-0.05, 0) is 24.6 Å². The van der Waals surface area contributed by atoms with Crippen LogP contribution in [-0.4, -0.2) is 18.6 Å².